The summed E-state index contributed by atoms with van der Waals surface area (Å²) in [5.74, 6) is -2.46. The second-order valence-corrected chi connectivity index (χ2v) is 8.73. The highest BCUT2D eigenvalue weighted by Gasteiger charge is 2.38. The molecule has 1 N–H and O–H groups in total. The molecule has 2 heterocycles. The minimum atomic E-state index is -2.61. The maximum Gasteiger partial charge on any atom is 0.410 e. The molecule has 162 valence electrons. The van der Waals surface area contributed by atoms with E-state index in [2.05, 4.69) is 15.5 Å². The van der Waals surface area contributed by atoms with Gasteiger partial charge in [-0.1, -0.05) is 5.16 Å². The average molecular weight is 414 g/mol. The molecule has 0 aromatic carbocycles. The van der Waals surface area contributed by atoms with Gasteiger partial charge in [0.25, 0.3) is 0 Å². The van der Waals surface area contributed by atoms with Gasteiger partial charge in [-0.05, 0) is 46.5 Å². The highest BCUT2D eigenvalue weighted by molar-refractivity contribution is 5.86. The Morgan fingerprint density at radius 1 is 1.28 bits per heavy atom. The third-order valence-corrected chi connectivity index (χ3v) is 5.16. The van der Waals surface area contributed by atoms with Crippen molar-refractivity contribution >= 4 is 12.0 Å². The summed E-state index contributed by atoms with van der Waals surface area (Å²) >= 11 is 0. The lowest BCUT2D eigenvalue weighted by Crippen LogP contribution is -2.47. The molecule has 1 saturated carbocycles. The zero-order chi connectivity index (χ0) is 21.2. The summed E-state index contributed by atoms with van der Waals surface area (Å²) in [6, 6.07) is -0.604. The van der Waals surface area contributed by atoms with E-state index in [1.54, 1.807) is 20.8 Å². The van der Waals surface area contributed by atoms with E-state index in [9.17, 15) is 18.4 Å². The molecule has 29 heavy (non-hydrogen) atoms. The number of aromatic nitrogens is 2. The topological polar surface area (TPSA) is 97.6 Å². The number of halogens is 2. The highest BCUT2D eigenvalue weighted by atomic mass is 19.3. The van der Waals surface area contributed by atoms with Gasteiger partial charge in [0.1, 0.15) is 11.6 Å². The number of rotatable bonds is 4. The molecule has 3 rings (SSSR count). The number of ether oxygens (including phenoxy) is 1. The van der Waals surface area contributed by atoms with Crippen molar-refractivity contribution in [3.8, 4) is 0 Å². The van der Waals surface area contributed by atoms with Crippen molar-refractivity contribution in [2.24, 2.45) is 0 Å². The fourth-order valence-corrected chi connectivity index (χ4v) is 3.66. The first kappa shape index (κ1) is 21.4. The van der Waals surface area contributed by atoms with Crippen molar-refractivity contribution in [1.29, 1.82) is 0 Å². The molecule has 1 atom stereocenters. The van der Waals surface area contributed by atoms with Crippen molar-refractivity contribution in [3.05, 3.63) is 11.7 Å². The third-order valence-electron chi connectivity index (χ3n) is 5.16. The van der Waals surface area contributed by atoms with Crippen LogP contribution >= 0.6 is 0 Å². The molecule has 1 aromatic heterocycles. The number of alkyl halides is 2. The summed E-state index contributed by atoms with van der Waals surface area (Å²) < 4.78 is 37.1. The lowest BCUT2D eigenvalue weighted by atomic mass is 9.86. The molecule has 1 saturated heterocycles. The van der Waals surface area contributed by atoms with Crippen molar-refractivity contribution in [3.63, 3.8) is 0 Å². The van der Waals surface area contributed by atoms with Crippen LogP contribution in [0.25, 0.3) is 0 Å². The fourth-order valence-electron chi connectivity index (χ4n) is 3.66. The summed E-state index contributed by atoms with van der Waals surface area (Å²) in [4.78, 5) is 30.5. The Hall–Kier alpha value is -2.26. The van der Waals surface area contributed by atoms with Crippen LogP contribution in [0.1, 0.15) is 76.9 Å². The Morgan fingerprint density at radius 3 is 2.62 bits per heavy atom. The van der Waals surface area contributed by atoms with E-state index in [0.717, 1.165) is 0 Å². The number of amides is 2. The number of nitrogens with zero attached hydrogens (tertiary/aromatic N) is 3. The van der Waals surface area contributed by atoms with Gasteiger partial charge in [0, 0.05) is 25.3 Å². The number of carbonyl (C=O) groups excluding carboxylic acids is 2. The fraction of sp³-hybridized carbons (Fsp3) is 0.789. The molecule has 1 aromatic rings. The van der Waals surface area contributed by atoms with Crippen molar-refractivity contribution in [2.75, 3.05) is 6.54 Å². The van der Waals surface area contributed by atoms with E-state index < -0.39 is 23.7 Å². The predicted octanol–water partition coefficient (Wildman–Crippen LogP) is 3.38. The van der Waals surface area contributed by atoms with Crippen LogP contribution in [0.5, 0.6) is 0 Å². The maximum atomic E-state index is 13.3. The van der Waals surface area contributed by atoms with Crippen LogP contribution < -0.4 is 5.32 Å². The quantitative estimate of drug-likeness (QED) is 0.811. The van der Waals surface area contributed by atoms with Gasteiger partial charge in [0.2, 0.25) is 17.7 Å². The van der Waals surface area contributed by atoms with Crippen LogP contribution in [0.4, 0.5) is 13.6 Å². The van der Waals surface area contributed by atoms with Gasteiger partial charge < -0.3 is 14.6 Å². The van der Waals surface area contributed by atoms with Gasteiger partial charge in [0.05, 0.1) is 6.54 Å². The molecule has 2 fully saturated rings. The lowest BCUT2D eigenvalue weighted by Gasteiger charge is -2.27. The molecule has 0 bridgehead atoms. The zero-order valence-electron chi connectivity index (χ0n) is 17.0. The van der Waals surface area contributed by atoms with Crippen LogP contribution in [0.15, 0.2) is 4.52 Å². The minimum Gasteiger partial charge on any atom is -0.444 e. The largest absolute Gasteiger partial charge is 0.444 e. The van der Waals surface area contributed by atoms with Crippen molar-refractivity contribution in [2.45, 2.75) is 89.3 Å². The second-order valence-electron chi connectivity index (χ2n) is 8.73. The maximum absolute atomic E-state index is 13.3. The Labute approximate surface area is 168 Å². The number of likely N-dealkylation sites (tertiary alicyclic amines) is 1. The van der Waals surface area contributed by atoms with E-state index in [1.165, 1.54) is 4.90 Å². The predicted molar refractivity (Wildman–Crippen MR) is 98.3 cm³/mol. The first-order valence-electron chi connectivity index (χ1n) is 10.0. The molecule has 2 amide bonds. The van der Waals surface area contributed by atoms with E-state index in [-0.39, 0.29) is 37.1 Å². The van der Waals surface area contributed by atoms with Gasteiger partial charge in [-0.25, -0.2) is 13.6 Å². The molecule has 1 aliphatic carbocycles. The Balaban J connectivity index is 1.52. The second kappa shape index (κ2) is 8.23. The number of hydrogen-bond donors (Lipinski definition) is 1. The highest BCUT2D eigenvalue weighted by Crippen LogP contribution is 2.39. The Morgan fingerprint density at radius 2 is 1.97 bits per heavy atom. The van der Waals surface area contributed by atoms with Gasteiger partial charge >= 0.3 is 6.09 Å². The molecule has 1 unspecified atom stereocenters. The normalized spacial score (nSPS) is 22.5. The van der Waals surface area contributed by atoms with Gasteiger partial charge in [-0.15, -0.1) is 0 Å². The van der Waals surface area contributed by atoms with E-state index in [1.807, 2.05) is 0 Å². The van der Waals surface area contributed by atoms with Gasteiger partial charge in [-0.3, -0.25) is 9.69 Å². The summed E-state index contributed by atoms with van der Waals surface area (Å²) in [6.45, 7) is 5.81. The summed E-state index contributed by atoms with van der Waals surface area (Å²) in [5.41, 5.74) is -0.635. The van der Waals surface area contributed by atoms with Crippen LogP contribution in [0.2, 0.25) is 0 Å². The number of nitrogens with one attached hydrogen (secondary N) is 1. The monoisotopic (exact) mass is 414 g/mol. The van der Waals surface area contributed by atoms with Crippen LogP contribution in [-0.4, -0.2) is 51.2 Å². The number of carbonyl (C=O) groups is 2. The Kier molecular flexibility index (Phi) is 6.09. The molecular formula is C19H28F2N4O4. The molecule has 8 nitrogen and oxygen atoms in total. The minimum absolute atomic E-state index is 0.0212. The zero-order valence-corrected chi connectivity index (χ0v) is 17.0. The van der Waals surface area contributed by atoms with Crippen LogP contribution in [0, 0.1) is 0 Å². The smallest absolute Gasteiger partial charge is 0.410 e. The van der Waals surface area contributed by atoms with Crippen molar-refractivity contribution in [1.82, 2.24) is 20.4 Å². The van der Waals surface area contributed by atoms with E-state index in [0.29, 0.717) is 38.1 Å². The summed E-state index contributed by atoms with van der Waals surface area (Å²) in [6.07, 6.45) is 1.02. The molecule has 0 radical (unpaired) electrons. The molecule has 10 heteroatoms. The summed E-state index contributed by atoms with van der Waals surface area (Å²) in [5, 5.41) is 6.59. The van der Waals surface area contributed by atoms with E-state index in [4.69, 9.17) is 9.26 Å². The molecule has 2 aliphatic rings. The Bertz CT molecular complexity index is 737. The number of hydrogen-bond acceptors (Lipinski definition) is 6. The standard InChI is InChI=1S/C19H28F2N4O4/c1-18(2,3)28-17(27)25-10-4-5-13(25)16(26)22-11-14-23-15(24-29-14)12-6-8-19(20,21)9-7-12/h12-13H,4-11H2,1-3H3,(H,22,26). The average Bonchev–Trinajstić information content (AvgIpc) is 3.28. The summed E-state index contributed by atoms with van der Waals surface area (Å²) in [7, 11) is 0. The molecule has 1 aliphatic heterocycles. The van der Waals surface area contributed by atoms with Crippen LogP contribution in [0.3, 0.4) is 0 Å². The molecular weight excluding hydrogens is 386 g/mol. The molecule has 0 spiro atoms. The lowest BCUT2D eigenvalue weighted by molar-refractivity contribution is -0.125. The van der Waals surface area contributed by atoms with Crippen LogP contribution in [-0.2, 0) is 16.1 Å². The van der Waals surface area contributed by atoms with Gasteiger partial charge in [0.15, 0.2) is 5.82 Å². The first-order valence-corrected chi connectivity index (χ1v) is 10.0. The van der Waals surface area contributed by atoms with Gasteiger partial charge in [-0.2, -0.15) is 4.98 Å². The SMILES string of the molecule is CC(C)(C)OC(=O)N1CCCC1C(=O)NCc1nc(C2CCC(F)(F)CC2)no1. The van der Waals surface area contributed by atoms with E-state index >= 15 is 0 Å². The first-order chi connectivity index (χ1) is 13.5. The van der Waals surface area contributed by atoms with Crippen molar-refractivity contribution < 1.29 is 27.6 Å². The third kappa shape index (κ3) is 5.63.